The molecule has 5 nitrogen and oxygen atoms in total. The molecular weight excluding hydrogens is 288 g/mol. The highest BCUT2D eigenvalue weighted by atomic mass is 32.1. The van der Waals surface area contributed by atoms with Gasteiger partial charge in [0.2, 0.25) is 0 Å². The summed E-state index contributed by atoms with van der Waals surface area (Å²) in [6, 6.07) is 1.79. The third-order valence-corrected chi connectivity index (χ3v) is 3.99. The van der Waals surface area contributed by atoms with Crippen molar-refractivity contribution in [2.75, 3.05) is 19.6 Å². The van der Waals surface area contributed by atoms with Gasteiger partial charge in [-0.25, -0.2) is 4.79 Å². The Bertz CT molecular complexity index is 507. The Morgan fingerprint density at radius 1 is 1.33 bits per heavy atom. The molecule has 1 aromatic rings. The van der Waals surface area contributed by atoms with E-state index in [-0.39, 0.29) is 18.0 Å². The van der Waals surface area contributed by atoms with Crippen LogP contribution in [-0.2, 0) is 4.74 Å². The molecule has 1 aromatic heterocycles. The van der Waals surface area contributed by atoms with Crippen molar-refractivity contribution < 1.29 is 14.3 Å². The van der Waals surface area contributed by atoms with Crippen LogP contribution in [0.4, 0.5) is 4.79 Å². The van der Waals surface area contributed by atoms with Crippen molar-refractivity contribution in [2.45, 2.75) is 39.3 Å². The van der Waals surface area contributed by atoms with Crippen LogP contribution >= 0.6 is 11.3 Å². The van der Waals surface area contributed by atoms with Crippen molar-refractivity contribution in [3.8, 4) is 0 Å². The standard InChI is InChI=1S/C15H22N2O3S/c1-11-9-16(13(18)12-5-8-21-10-12)6-7-17(11)14(19)20-15(2,3)4/h5,8,10-11H,6-7,9H2,1-4H3/t11-/m1/s1. The van der Waals surface area contributed by atoms with Gasteiger partial charge in [0.15, 0.2) is 0 Å². The fourth-order valence-electron chi connectivity index (χ4n) is 2.30. The Labute approximate surface area is 129 Å². The Kier molecular flexibility index (Phi) is 4.56. The number of carbonyl (C=O) groups is 2. The number of nitrogens with zero attached hydrogens (tertiary/aromatic N) is 2. The molecule has 0 radical (unpaired) electrons. The molecule has 6 heteroatoms. The second-order valence-corrected chi connectivity index (χ2v) is 7.07. The van der Waals surface area contributed by atoms with E-state index >= 15 is 0 Å². The molecule has 2 rings (SSSR count). The maximum atomic E-state index is 12.3. The minimum absolute atomic E-state index is 0.0342. The van der Waals surface area contributed by atoms with Gasteiger partial charge in [0.25, 0.3) is 5.91 Å². The van der Waals surface area contributed by atoms with Crippen LogP contribution in [0, 0.1) is 0 Å². The largest absolute Gasteiger partial charge is 0.444 e. The molecule has 1 atom stereocenters. The van der Waals surface area contributed by atoms with Crippen LogP contribution in [0.5, 0.6) is 0 Å². The Balaban J connectivity index is 1.96. The minimum atomic E-state index is -0.500. The molecule has 1 fully saturated rings. The van der Waals surface area contributed by atoms with Crippen molar-refractivity contribution >= 4 is 23.3 Å². The predicted molar refractivity (Wildman–Crippen MR) is 82.6 cm³/mol. The van der Waals surface area contributed by atoms with E-state index in [1.165, 1.54) is 11.3 Å². The van der Waals surface area contributed by atoms with Crippen molar-refractivity contribution in [3.63, 3.8) is 0 Å². The van der Waals surface area contributed by atoms with E-state index in [2.05, 4.69) is 0 Å². The predicted octanol–water partition coefficient (Wildman–Crippen LogP) is 2.83. The number of carbonyl (C=O) groups excluding carboxylic acids is 2. The lowest BCUT2D eigenvalue weighted by atomic mass is 10.1. The summed E-state index contributed by atoms with van der Waals surface area (Å²) in [6.45, 7) is 9.08. The van der Waals surface area contributed by atoms with Crippen molar-refractivity contribution in [1.82, 2.24) is 9.80 Å². The van der Waals surface area contributed by atoms with Gasteiger partial charge < -0.3 is 14.5 Å². The Morgan fingerprint density at radius 3 is 2.57 bits per heavy atom. The van der Waals surface area contributed by atoms with Gasteiger partial charge in [0.1, 0.15) is 5.60 Å². The number of ether oxygens (including phenoxy) is 1. The normalized spacial score (nSPS) is 19.5. The van der Waals surface area contributed by atoms with Crippen LogP contribution in [0.15, 0.2) is 16.8 Å². The molecule has 21 heavy (non-hydrogen) atoms. The lowest BCUT2D eigenvalue weighted by Gasteiger charge is -2.40. The molecule has 2 amide bonds. The molecule has 0 saturated carbocycles. The highest BCUT2D eigenvalue weighted by molar-refractivity contribution is 7.08. The van der Waals surface area contributed by atoms with E-state index in [1.54, 1.807) is 9.80 Å². The highest BCUT2D eigenvalue weighted by Gasteiger charge is 2.32. The first-order chi connectivity index (χ1) is 9.78. The number of thiophene rings is 1. The summed E-state index contributed by atoms with van der Waals surface area (Å²) in [5.41, 5.74) is 0.221. The van der Waals surface area contributed by atoms with Crippen molar-refractivity contribution in [1.29, 1.82) is 0 Å². The molecule has 1 aliphatic heterocycles. The number of hydrogen-bond acceptors (Lipinski definition) is 4. The first kappa shape index (κ1) is 15.8. The van der Waals surface area contributed by atoms with Crippen LogP contribution in [0.2, 0.25) is 0 Å². The number of hydrogen-bond donors (Lipinski definition) is 0. The van der Waals surface area contributed by atoms with Gasteiger partial charge in [0, 0.05) is 31.1 Å². The maximum absolute atomic E-state index is 12.3. The van der Waals surface area contributed by atoms with Gasteiger partial charge in [-0.3, -0.25) is 4.79 Å². The molecule has 0 bridgehead atoms. The van der Waals surface area contributed by atoms with Gasteiger partial charge in [-0.05, 0) is 39.1 Å². The number of amides is 2. The monoisotopic (exact) mass is 310 g/mol. The molecule has 1 aliphatic rings. The van der Waals surface area contributed by atoms with Gasteiger partial charge in [-0.15, -0.1) is 0 Å². The van der Waals surface area contributed by atoms with E-state index in [4.69, 9.17) is 4.74 Å². The summed E-state index contributed by atoms with van der Waals surface area (Å²) in [5.74, 6) is 0.0342. The summed E-state index contributed by atoms with van der Waals surface area (Å²) >= 11 is 1.51. The average molecular weight is 310 g/mol. The fourth-order valence-corrected chi connectivity index (χ4v) is 2.93. The van der Waals surface area contributed by atoms with E-state index < -0.39 is 5.60 Å². The van der Waals surface area contributed by atoms with Gasteiger partial charge in [-0.1, -0.05) is 0 Å². The minimum Gasteiger partial charge on any atom is -0.444 e. The van der Waals surface area contributed by atoms with Crippen LogP contribution in [0.25, 0.3) is 0 Å². The molecule has 0 aromatic carbocycles. The van der Waals surface area contributed by atoms with Crippen LogP contribution < -0.4 is 0 Å². The lowest BCUT2D eigenvalue weighted by molar-refractivity contribution is 0.00199. The van der Waals surface area contributed by atoms with Gasteiger partial charge in [0.05, 0.1) is 5.56 Å². The third kappa shape index (κ3) is 3.97. The van der Waals surface area contributed by atoms with E-state index in [0.29, 0.717) is 19.6 Å². The van der Waals surface area contributed by atoms with Crippen molar-refractivity contribution in [3.05, 3.63) is 22.4 Å². The van der Waals surface area contributed by atoms with Crippen LogP contribution in [-0.4, -0.2) is 53.1 Å². The zero-order valence-electron chi connectivity index (χ0n) is 13.0. The van der Waals surface area contributed by atoms with E-state index in [1.807, 2.05) is 44.5 Å². The molecule has 1 saturated heterocycles. The SMILES string of the molecule is C[C@@H]1CN(C(=O)c2ccsc2)CCN1C(=O)OC(C)(C)C. The van der Waals surface area contributed by atoms with E-state index in [9.17, 15) is 9.59 Å². The Morgan fingerprint density at radius 2 is 2.05 bits per heavy atom. The molecule has 0 aliphatic carbocycles. The molecular formula is C15H22N2O3S. The topological polar surface area (TPSA) is 49.9 Å². The smallest absolute Gasteiger partial charge is 0.410 e. The van der Waals surface area contributed by atoms with Crippen molar-refractivity contribution in [2.24, 2.45) is 0 Å². The van der Waals surface area contributed by atoms with Crippen LogP contribution in [0.1, 0.15) is 38.1 Å². The zero-order chi connectivity index (χ0) is 15.6. The highest BCUT2D eigenvalue weighted by Crippen LogP contribution is 2.18. The molecule has 2 heterocycles. The molecule has 0 unspecified atom stereocenters. The first-order valence-electron chi connectivity index (χ1n) is 7.09. The number of rotatable bonds is 1. The molecule has 0 spiro atoms. The second-order valence-electron chi connectivity index (χ2n) is 6.29. The summed E-state index contributed by atoms with van der Waals surface area (Å²) in [5, 5.41) is 3.75. The Hall–Kier alpha value is -1.56. The maximum Gasteiger partial charge on any atom is 0.410 e. The quantitative estimate of drug-likeness (QED) is 0.801. The summed E-state index contributed by atoms with van der Waals surface area (Å²) in [6.07, 6.45) is -0.308. The van der Waals surface area contributed by atoms with E-state index in [0.717, 1.165) is 5.56 Å². The van der Waals surface area contributed by atoms with Gasteiger partial charge >= 0.3 is 6.09 Å². The zero-order valence-corrected chi connectivity index (χ0v) is 13.8. The third-order valence-electron chi connectivity index (χ3n) is 3.31. The lowest BCUT2D eigenvalue weighted by Crippen LogP contribution is -2.56. The van der Waals surface area contributed by atoms with Gasteiger partial charge in [-0.2, -0.15) is 11.3 Å². The van der Waals surface area contributed by atoms with Crippen LogP contribution in [0.3, 0.4) is 0 Å². The average Bonchev–Trinajstić information content (AvgIpc) is 2.89. The summed E-state index contributed by atoms with van der Waals surface area (Å²) in [7, 11) is 0. The summed E-state index contributed by atoms with van der Waals surface area (Å²) < 4.78 is 5.40. The molecule has 0 N–H and O–H groups in total. The number of piperazine rings is 1. The second kappa shape index (κ2) is 6.05. The first-order valence-corrected chi connectivity index (χ1v) is 8.03. The fraction of sp³-hybridized carbons (Fsp3) is 0.600. The summed E-state index contributed by atoms with van der Waals surface area (Å²) in [4.78, 5) is 27.9. The molecule has 116 valence electrons.